The molecule has 1 heterocycles. The molecular weight excluding hydrogens is 320 g/mol. The molecule has 0 amide bonds. The van der Waals surface area contributed by atoms with Gasteiger partial charge in [0.15, 0.2) is 0 Å². The summed E-state index contributed by atoms with van der Waals surface area (Å²) in [5.41, 5.74) is 2.32. The third kappa shape index (κ3) is 2.32. The molecule has 0 bridgehead atoms. The fourth-order valence-corrected chi connectivity index (χ4v) is 2.63. The van der Waals surface area contributed by atoms with E-state index in [2.05, 4.69) is 21.0 Å². The Morgan fingerprint density at radius 2 is 2.05 bits per heavy atom. The minimum absolute atomic E-state index is 0.269. The maximum atomic E-state index is 10.9. The summed E-state index contributed by atoms with van der Waals surface area (Å²) in [6, 6.07) is 13.0. The third-order valence-electron chi connectivity index (χ3n) is 3.17. The molecule has 0 atom stereocenters. The molecule has 5 heteroatoms. The molecule has 0 unspecified atom stereocenters. The van der Waals surface area contributed by atoms with Crippen molar-refractivity contribution in [2.24, 2.45) is 0 Å². The standard InChI is InChI=1S/C15H11BrN2O2/c16-13-7-10(15(19)20)5-6-12(13)9-18-14-4-2-1-3-11(14)8-17-18/h1-8H,9H2,(H,19,20). The average Bonchev–Trinajstić information content (AvgIpc) is 2.84. The second kappa shape index (κ2) is 5.09. The molecule has 0 aliphatic rings. The van der Waals surface area contributed by atoms with Crippen LogP contribution >= 0.6 is 15.9 Å². The van der Waals surface area contributed by atoms with Crippen LogP contribution in [0.25, 0.3) is 10.9 Å². The molecule has 0 spiro atoms. The van der Waals surface area contributed by atoms with Gasteiger partial charge in [-0.3, -0.25) is 4.68 Å². The van der Waals surface area contributed by atoms with E-state index < -0.39 is 5.97 Å². The van der Waals surface area contributed by atoms with Gasteiger partial charge in [-0.2, -0.15) is 5.10 Å². The molecule has 2 aromatic carbocycles. The van der Waals surface area contributed by atoms with Gasteiger partial charge in [-0.15, -0.1) is 0 Å². The summed E-state index contributed by atoms with van der Waals surface area (Å²) in [6.45, 7) is 0.591. The molecule has 0 fully saturated rings. The van der Waals surface area contributed by atoms with Crippen LogP contribution in [0.15, 0.2) is 53.1 Å². The first-order chi connectivity index (χ1) is 9.65. The lowest BCUT2D eigenvalue weighted by molar-refractivity contribution is 0.0697. The van der Waals surface area contributed by atoms with Crippen molar-refractivity contribution in [2.45, 2.75) is 6.54 Å². The molecule has 100 valence electrons. The van der Waals surface area contributed by atoms with Gasteiger partial charge in [-0.05, 0) is 23.8 Å². The second-order valence-corrected chi connectivity index (χ2v) is 5.33. The van der Waals surface area contributed by atoms with Crippen molar-refractivity contribution in [2.75, 3.05) is 0 Å². The van der Waals surface area contributed by atoms with Gasteiger partial charge in [-0.1, -0.05) is 40.2 Å². The van der Waals surface area contributed by atoms with Crippen LogP contribution in [0.1, 0.15) is 15.9 Å². The average molecular weight is 331 g/mol. The molecule has 4 nitrogen and oxygen atoms in total. The largest absolute Gasteiger partial charge is 0.478 e. The third-order valence-corrected chi connectivity index (χ3v) is 3.91. The van der Waals surface area contributed by atoms with Crippen molar-refractivity contribution >= 4 is 32.8 Å². The van der Waals surface area contributed by atoms with Crippen LogP contribution in [-0.4, -0.2) is 20.9 Å². The number of fused-ring (bicyclic) bond motifs is 1. The summed E-state index contributed by atoms with van der Waals surface area (Å²) in [5, 5.41) is 14.4. The number of carbonyl (C=O) groups is 1. The van der Waals surface area contributed by atoms with Gasteiger partial charge in [0, 0.05) is 9.86 Å². The van der Waals surface area contributed by atoms with Crippen LogP contribution in [0.3, 0.4) is 0 Å². The first-order valence-corrected chi connectivity index (χ1v) is 6.87. The number of hydrogen-bond donors (Lipinski definition) is 1. The molecule has 3 aromatic rings. The zero-order chi connectivity index (χ0) is 14.1. The van der Waals surface area contributed by atoms with E-state index in [1.807, 2.05) is 41.2 Å². The Kier molecular flexibility index (Phi) is 3.28. The molecule has 3 rings (SSSR count). The fraction of sp³-hybridized carbons (Fsp3) is 0.0667. The van der Waals surface area contributed by atoms with E-state index >= 15 is 0 Å². The van der Waals surface area contributed by atoms with Gasteiger partial charge in [0.25, 0.3) is 0 Å². The lowest BCUT2D eigenvalue weighted by Crippen LogP contribution is -2.03. The molecule has 0 saturated carbocycles. The smallest absolute Gasteiger partial charge is 0.335 e. The van der Waals surface area contributed by atoms with Crippen molar-refractivity contribution in [3.05, 3.63) is 64.3 Å². The Morgan fingerprint density at radius 3 is 2.80 bits per heavy atom. The molecule has 1 aromatic heterocycles. The first kappa shape index (κ1) is 12.9. The topological polar surface area (TPSA) is 55.1 Å². The van der Waals surface area contributed by atoms with Gasteiger partial charge < -0.3 is 5.11 Å². The first-order valence-electron chi connectivity index (χ1n) is 6.07. The monoisotopic (exact) mass is 330 g/mol. The summed E-state index contributed by atoms with van der Waals surface area (Å²) in [4.78, 5) is 10.9. The second-order valence-electron chi connectivity index (χ2n) is 4.47. The van der Waals surface area contributed by atoms with Crippen molar-refractivity contribution < 1.29 is 9.90 Å². The number of benzene rings is 2. The Balaban J connectivity index is 1.97. The maximum Gasteiger partial charge on any atom is 0.335 e. The predicted octanol–water partition coefficient (Wildman–Crippen LogP) is 3.55. The summed E-state index contributed by atoms with van der Waals surface area (Å²) in [5.74, 6) is -0.929. The maximum absolute atomic E-state index is 10.9. The normalized spacial score (nSPS) is 10.8. The van der Waals surface area contributed by atoms with E-state index in [4.69, 9.17) is 5.11 Å². The SMILES string of the molecule is O=C(O)c1ccc(Cn2ncc3ccccc32)c(Br)c1. The van der Waals surface area contributed by atoms with Crippen LogP contribution in [0, 0.1) is 0 Å². The number of carboxylic acid groups (broad SMARTS) is 1. The minimum atomic E-state index is -0.929. The van der Waals surface area contributed by atoms with Crippen molar-refractivity contribution in [1.82, 2.24) is 9.78 Å². The quantitative estimate of drug-likeness (QED) is 0.799. The highest BCUT2D eigenvalue weighted by atomic mass is 79.9. The van der Waals surface area contributed by atoms with Crippen molar-refractivity contribution in [1.29, 1.82) is 0 Å². The molecule has 0 radical (unpaired) electrons. The van der Waals surface area contributed by atoms with E-state index in [-0.39, 0.29) is 5.56 Å². The number of halogens is 1. The fourth-order valence-electron chi connectivity index (χ4n) is 2.12. The number of rotatable bonds is 3. The van der Waals surface area contributed by atoms with Crippen LogP contribution in [0.5, 0.6) is 0 Å². The zero-order valence-corrected chi connectivity index (χ0v) is 12.0. The molecule has 0 saturated heterocycles. The van der Waals surface area contributed by atoms with E-state index in [0.717, 1.165) is 20.9 Å². The molecule has 20 heavy (non-hydrogen) atoms. The number of hydrogen-bond acceptors (Lipinski definition) is 2. The van der Waals surface area contributed by atoms with E-state index in [9.17, 15) is 4.79 Å². The van der Waals surface area contributed by atoms with Crippen molar-refractivity contribution in [3.8, 4) is 0 Å². The van der Waals surface area contributed by atoms with Crippen LogP contribution in [0.4, 0.5) is 0 Å². The zero-order valence-electron chi connectivity index (χ0n) is 10.5. The van der Waals surface area contributed by atoms with E-state index in [1.54, 1.807) is 12.1 Å². The summed E-state index contributed by atoms with van der Waals surface area (Å²) in [6.07, 6.45) is 1.83. The number of carboxylic acids is 1. The Bertz CT molecular complexity index is 795. The number of aromatic carboxylic acids is 1. The molecule has 0 aliphatic carbocycles. The Labute approximate surface area is 123 Å². The van der Waals surface area contributed by atoms with Gasteiger partial charge in [0.1, 0.15) is 0 Å². The van der Waals surface area contributed by atoms with Gasteiger partial charge in [0.2, 0.25) is 0 Å². The van der Waals surface area contributed by atoms with Gasteiger partial charge in [0.05, 0.1) is 23.8 Å². The predicted molar refractivity (Wildman–Crippen MR) is 79.9 cm³/mol. The van der Waals surface area contributed by atoms with Gasteiger partial charge >= 0.3 is 5.97 Å². The van der Waals surface area contributed by atoms with E-state index in [0.29, 0.717) is 6.54 Å². The lowest BCUT2D eigenvalue weighted by Gasteiger charge is -2.07. The minimum Gasteiger partial charge on any atom is -0.478 e. The Hall–Kier alpha value is -2.14. The lowest BCUT2D eigenvalue weighted by atomic mass is 10.1. The highest BCUT2D eigenvalue weighted by Gasteiger charge is 2.09. The molecule has 0 aliphatic heterocycles. The number of aromatic nitrogens is 2. The summed E-state index contributed by atoms with van der Waals surface area (Å²) < 4.78 is 2.67. The van der Waals surface area contributed by atoms with Crippen LogP contribution in [-0.2, 0) is 6.54 Å². The van der Waals surface area contributed by atoms with Crippen molar-refractivity contribution in [3.63, 3.8) is 0 Å². The summed E-state index contributed by atoms with van der Waals surface area (Å²) >= 11 is 3.42. The number of para-hydroxylation sites is 1. The molecule has 1 N–H and O–H groups in total. The highest BCUT2D eigenvalue weighted by molar-refractivity contribution is 9.10. The van der Waals surface area contributed by atoms with Gasteiger partial charge in [-0.25, -0.2) is 4.79 Å². The Morgan fingerprint density at radius 1 is 1.25 bits per heavy atom. The number of nitrogens with zero attached hydrogens (tertiary/aromatic N) is 2. The summed E-state index contributed by atoms with van der Waals surface area (Å²) in [7, 11) is 0. The molecular formula is C15H11BrN2O2. The van der Waals surface area contributed by atoms with E-state index in [1.165, 1.54) is 0 Å². The van der Waals surface area contributed by atoms with Crippen LogP contribution in [0.2, 0.25) is 0 Å². The highest BCUT2D eigenvalue weighted by Crippen LogP contribution is 2.21. The van der Waals surface area contributed by atoms with Crippen LogP contribution < -0.4 is 0 Å².